The second kappa shape index (κ2) is 9.38. The molecule has 0 N–H and O–H groups in total. The van der Waals surface area contributed by atoms with Crippen LogP contribution in [0.5, 0.6) is 0 Å². The van der Waals surface area contributed by atoms with Gasteiger partial charge in [0.05, 0.1) is 17.9 Å². The van der Waals surface area contributed by atoms with E-state index >= 15 is 0 Å². The van der Waals surface area contributed by atoms with Crippen molar-refractivity contribution in [2.75, 3.05) is 19.7 Å². The molecule has 0 radical (unpaired) electrons. The van der Waals surface area contributed by atoms with Gasteiger partial charge in [0, 0.05) is 37.7 Å². The zero-order chi connectivity index (χ0) is 19.9. The summed E-state index contributed by atoms with van der Waals surface area (Å²) in [4.78, 5) is 22.3. The number of carbonyl (C=O) groups is 1. The largest absolute Gasteiger partial charge is 0.466 e. The van der Waals surface area contributed by atoms with Gasteiger partial charge < -0.3 is 4.74 Å². The van der Waals surface area contributed by atoms with E-state index in [1.165, 1.54) is 0 Å². The summed E-state index contributed by atoms with van der Waals surface area (Å²) in [5, 5.41) is 0. The number of fused-ring (bicyclic) bond motifs is 1. The number of benzene rings is 1. The molecule has 5 nitrogen and oxygen atoms in total. The van der Waals surface area contributed by atoms with Crippen molar-refractivity contribution in [3.63, 3.8) is 0 Å². The molecule has 0 fully saturated rings. The molecule has 1 aliphatic rings. The van der Waals surface area contributed by atoms with E-state index in [4.69, 9.17) is 4.74 Å². The first kappa shape index (κ1) is 19.9. The Kier molecular flexibility index (Phi) is 6.66. The van der Waals surface area contributed by atoms with Gasteiger partial charge in [-0.3, -0.25) is 9.69 Å². The molecule has 0 amide bonds. The van der Waals surface area contributed by atoms with Crippen molar-refractivity contribution in [2.45, 2.75) is 32.7 Å². The highest BCUT2D eigenvalue weighted by Crippen LogP contribution is 2.17. The predicted octanol–water partition coefficient (Wildman–Crippen LogP) is 2.86. The summed E-state index contributed by atoms with van der Waals surface area (Å²) >= 11 is 0. The lowest BCUT2D eigenvalue weighted by Crippen LogP contribution is -2.32. The van der Waals surface area contributed by atoms with Crippen molar-refractivity contribution in [2.24, 2.45) is 0 Å². The Morgan fingerprint density at radius 1 is 1.32 bits per heavy atom. The van der Waals surface area contributed by atoms with Crippen molar-refractivity contribution >= 4 is 5.97 Å². The molecule has 0 bridgehead atoms. The van der Waals surface area contributed by atoms with Gasteiger partial charge in [-0.1, -0.05) is 5.92 Å². The molecular weight excluding hydrogens is 364 g/mol. The van der Waals surface area contributed by atoms with E-state index in [9.17, 15) is 13.6 Å². The first-order chi connectivity index (χ1) is 13.5. The van der Waals surface area contributed by atoms with E-state index in [1.807, 2.05) is 0 Å². The maximum absolute atomic E-state index is 13.6. The summed E-state index contributed by atoms with van der Waals surface area (Å²) in [5.41, 5.74) is 1.92. The highest BCUT2D eigenvalue weighted by molar-refractivity contribution is 5.69. The number of rotatable bonds is 5. The van der Waals surface area contributed by atoms with E-state index < -0.39 is 11.6 Å². The summed E-state index contributed by atoms with van der Waals surface area (Å²) in [5.74, 6) is 4.30. The minimum absolute atomic E-state index is 0.0194. The number of esters is 1. The maximum Gasteiger partial charge on any atom is 0.305 e. The molecule has 0 atom stereocenters. The maximum atomic E-state index is 13.6. The monoisotopic (exact) mass is 385 g/mol. The summed E-state index contributed by atoms with van der Waals surface area (Å²) in [6.45, 7) is 4.55. The summed E-state index contributed by atoms with van der Waals surface area (Å²) in [6.07, 6.45) is 3.64. The molecule has 2 aromatic rings. The smallest absolute Gasteiger partial charge is 0.305 e. The SMILES string of the molecule is CCOC(=O)CCCN1CCc2nc(C#Cc3cc(F)ccc3F)ncc2C1. The fraction of sp³-hybridized carbons (Fsp3) is 0.381. The van der Waals surface area contributed by atoms with Gasteiger partial charge in [-0.2, -0.15) is 0 Å². The molecule has 7 heteroatoms. The van der Waals surface area contributed by atoms with Crippen LogP contribution in [0.2, 0.25) is 0 Å². The molecule has 28 heavy (non-hydrogen) atoms. The van der Waals surface area contributed by atoms with Crippen LogP contribution in [-0.4, -0.2) is 40.5 Å². The molecule has 0 aliphatic carbocycles. The van der Waals surface area contributed by atoms with Crippen LogP contribution in [0.1, 0.15) is 42.4 Å². The van der Waals surface area contributed by atoms with Crippen molar-refractivity contribution in [3.8, 4) is 11.8 Å². The lowest BCUT2D eigenvalue weighted by Gasteiger charge is -2.27. The summed E-state index contributed by atoms with van der Waals surface area (Å²) in [7, 11) is 0. The minimum atomic E-state index is -0.578. The predicted molar refractivity (Wildman–Crippen MR) is 99.2 cm³/mol. The van der Waals surface area contributed by atoms with Crippen molar-refractivity contribution in [1.82, 2.24) is 14.9 Å². The first-order valence-corrected chi connectivity index (χ1v) is 9.25. The van der Waals surface area contributed by atoms with Crippen LogP contribution in [0.15, 0.2) is 24.4 Å². The van der Waals surface area contributed by atoms with Gasteiger partial charge in [-0.15, -0.1) is 0 Å². The zero-order valence-electron chi connectivity index (χ0n) is 15.7. The van der Waals surface area contributed by atoms with Gasteiger partial charge in [-0.25, -0.2) is 18.7 Å². The van der Waals surface area contributed by atoms with E-state index in [0.29, 0.717) is 19.6 Å². The lowest BCUT2D eigenvalue weighted by atomic mass is 10.1. The number of hydrogen-bond acceptors (Lipinski definition) is 5. The van der Waals surface area contributed by atoms with Crippen LogP contribution in [0.25, 0.3) is 0 Å². The quantitative estimate of drug-likeness (QED) is 0.585. The second-order valence-electron chi connectivity index (χ2n) is 6.47. The fourth-order valence-corrected chi connectivity index (χ4v) is 3.02. The average molecular weight is 385 g/mol. The third kappa shape index (κ3) is 5.33. The van der Waals surface area contributed by atoms with Crippen molar-refractivity contribution in [1.29, 1.82) is 0 Å². The van der Waals surface area contributed by atoms with Crippen LogP contribution in [0.4, 0.5) is 8.78 Å². The van der Waals surface area contributed by atoms with E-state index in [1.54, 1.807) is 13.1 Å². The number of halogens is 2. The Bertz CT molecular complexity index is 922. The molecule has 1 aromatic heterocycles. The molecule has 3 rings (SSSR count). The Morgan fingerprint density at radius 3 is 3.00 bits per heavy atom. The highest BCUT2D eigenvalue weighted by Gasteiger charge is 2.18. The van der Waals surface area contributed by atoms with Crippen LogP contribution in [0, 0.1) is 23.5 Å². The average Bonchev–Trinajstić information content (AvgIpc) is 2.69. The summed E-state index contributed by atoms with van der Waals surface area (Å²) < 4.78 is 31.8. The van der Waals surface area contributed by atoms with E-state index in [2.05, 4.69) is 26.7 Å². The van der Waals surface area contributed by atoms with Gasteiger partial charge in [0.15, 0.2) is 0 Å². The van der Waals surface area contributed by atoms with Crippen LogP contribution >= 0.6 is 0 Å². The molecule has 146 valence electrons. The molecule has 0 unspecified atom stereocenters. The number of ether oxygens (including phenoxy) is 1. The second-order valence-corrected chi connectivity index (χ2v) is 6.47. The lowest BCUT2D eigenvalue weighted by molar-refractivity contribution is -0.143. The first-order valence-electron chi connectivity index (χ1n) is 9.25. The molecule has 1 aromatic carbocycles. The molecule has 2 heterocycles. The van der Waals surface area contributed by atoms with E-state index in [0.717, 1.165) is 55.4 Å². The van der Waals surface area contributed by atoms with Gasteiger partial charge in [-0.05, 0) is 44.0 Å². The number of carbonyl (C=O) groups excluding carboxylic acids is 1. The molecule has 0 saturated heterocycles. The normalized spacial score (nSPS) is 13.4. The van der Waals surface area contributed by atoms with Crippen molar-refractivity contribution in [3.05, 3.63) is 58.7 Å². The highest BCUT2D eigenvalue weighted by atomic mass is 19.1. The fourth-order valence-electron chi connectivity index (χ4n) is 3.02. The topological polar surface area (TPSA) is 55.3 Å². The Labute approximate surface area is 162 Å². The molecule has 0 saturated carbocycles. The standard InChI is InChI=1S/C21H21F2N3O2/c1-2-28-21(27)4-3-10-26-11-9-19-16(14-26)13-24-20(25-19)8-5-15-12-17(22)6-7-18(15)23/h6-7,12-13H,2-4,9-11,14H2,1H3. The van der Waals surface area contributed by atoms with E-state index in [-0.39, 0.29) is 17.4 Å². The molecule has 0 spiro atoms. The minimum Gasteiger partial charge on any atom is -0.466 e. The zero-order valence-corrected chi connectivity index (χ0v) is 15.7. The number of nitrogens with zero attached hydrogens (tertiary/aromatic N) is 3. The number of hydrogen-bond donors (Lipinski definition) is 0. The third-order valence-corrected chi connectivity index (χ3v) is 4.41. The molecular formula is C21H21F2N3O2. The number of aromatic nitrogens is 2. The Morgan fingerprint density at radius 2 is 2.18 bits per heavy atom. The molecule has 1 aliphatic heterocycles. The van der Waals surface area contributed by atoms with Crippen LogP contribution in [-0.2, 0) is 22.5 Å². The Balaban J connectivity index is 1.61. The Hall–Kier alpha value is -2.85. The van der Waals surface area contributed by atoms with Gasteiger partial charge in [0.1, 0.15) is 11.6 Å². The van der Waals surface area contributed by atoms with Crippen LogP contribution in [0.3, 0.4) is 0 Å². The van der Waals surface area contributed by atoms with Gasteiger partial charge in [0.2, 0.25) is 5.82 Å². The van der Waals surface area contributed by atoms with Gasteiger partial charge in [0.25, 0.3) is 0 Å². The van der Waals surface area contributed by atoms with Crippen molar-refractivity contribution < 1.29 is 18.3 Å². The van der Waals surface area contributed by atoms with Crippen LogP contribution < -0.4 is 0 Å². The van der Waals surface area contributed by atoms with Gasteiger partial charge >= 0.3 is 5.97 Å². The third-order valence-electron chi connectivity index (χ3n) is 4.41. The summed E-state index contributed by atoms with van der Waals surface area (Å²) in [6, 6.07) is 3.15.